The molecule has 0 amide bonds. The lowest BCUT2D eigenvalue weighted by molar-refractivity contribution is 0.201. The largest absolute Gasteiger partial charge is 0.395 e. The van der Waals surface area contributed by atoms with Gasteiger partial charge in [-0.25, -0.2) is 4.98 Å². The highest BCUT2D eigenvalue weighted by Gasteiger charge is 2.10. The van der Waals surface area contributed by atoms with Crippen molar-refractivity contribution in [3.05, 3.63) is 34.1 Å². The highest BCUT2D eigenvalue weighted by Crippen LogP contribution is 2.13. The summed E-state index contributed by atoms with van der Waals surface area (Å²) in [5.74, 6) is 0. The Morgan fingerprint density at radius 2 is 2.26 bits per heavy atom. The molecule has 0 aliphatic heterocycles. The number of aliphatic hydroxyl groups excluding tert-OH is 1. The zero-order chi connectivity index (χ0) is 13.8. The van der Waals surface area contributed by atoms with Crippen LogP contribution in [0.3, 0.4) is 0 Å². The summed E-state index contributed by atoms with van der Waals surface area (Å²) in [5, 5.41) is 9.46. The van der Waals surface area contributed by atoms with Crippen LogP contribution in [0.5, 0.6) is 0 Å². The molecular formula is C13H17N3O3. The Kier molecular flexibility index (Phi) is 4.24. The summed E-state index contributed by atoms with van der Waals surface area (Å²) in [6.07, 6.45) is 2.07. The van der Waals surface area contributed by atoms with Crippen molar-refractivity contribution in [3.63, 3.8) is 0 Å². The SMILES string of the molecule is COCCc1nc(C)cc2c(=O)n(CCO)cnc12. The van der Waals surface area contributed by atoms with E-state index in [1.165, 1.54) is 10.9 Å². The Labute approximate surface area is 110 Å². The highest BCUT2D eigenvalue weighted by atomic mass is 16.5. The molecule has 0 atom stereocenters. The van der Waals surface area contributed by atoms with Crippen LogP contribution in [0.1, 0.15) is 11.4 Å². The van der Waals surface area contributed by atoms with Crippen LogP contribution in [-0.2, 0) is 17.7 Å². The molecule has 2 aromatic heterocycles. The van der Waals surface area contributed by atoms with Crippen molar-refractivity contribution in [2.45, 2.75) is 19.9 Å². The zero-order valence-electron chi connectivity index (χ0n) is 11.1. The van der Waals surface area contributed by atoms with Crippen molar-refractivity contribution in [1.82, 2.24) is 14.5 Å². The molecule has 102 valence electrons. The lowest BCUT2D eigenvalue weighted by atomic mass is 10.1. The van der Waals surface area contributed by atoms with Gasteiger partial charge in [-0.15, -0.1) is 0 Å². The minimum absolute atomic E-state index is 0.0896. The van der Waals surface area contributed by atoms with E-state index >= 15 is 0 Å². The van der Waals surface area contributed by atoms with Crippen molar-refractivity contribution < 1.29 is 9.84 Å². The molecule has 0 fully saturated rings. The van der Waals surface area contributed by atoms with Gasteiger partial charge in [0.15, 0.2) is 0 Å². The molecule has 0 saturated heterocycles. The van der Waals surface area contributed by atoms with Gasteiger partial charge in [0.25, 0.3) is 5.56 Å². The minimum atomic E-state index is -0.150. The molecule has 0 unspecified atom stereocenters. The van der Waals surface area contributed by atoms with E-state index in [0.29, 0.717) is 23.9 Å². The van der Waals surface area contributed by atoms with Gasteiger partial charge in [0.2, 0.25) is 0 Å². The van der Waals surface area contributed by atoms with Crippen molar-refractivity contribution in [1.29, 1.82) is 0 Å². The van der Waals surface area contributed by atoms with Crippen LogP contribution < -0.4 is 5.56 Å². The number of nitrogens with zero attached hydrogens (tertiary/aromatic N) is 3. The van der Waals surface area contributed by atoms with Gasteiger partial charge in [0.05, 0.1) is 42.7 Å². The molecule has 2 aromatic rings. The molecule has 0 saturated carbocycles. The molecule has 6 heteroatoms. The fourth-order valence-electron chi connectivity index (χ4n) is 2.01. The second-order valence-electron chi connectivity index (χ2n) is 4.32. The number of aromatic nitrogens is 3. The van der Waals surface area contributed by atoms with Gasteiger partial charge in [-0.3, -0.25) is 14.3 Å². The van der Waals surface area contributed by atoms with Gasteiger partial charge < -0.3 is 9.84 Å². The molecular weight excluding hydrogens is 246 g/mol. The number of hydrogen-bond donors (Lipinski definition) is 1. The molecule has 0 spiro atoms. The summed E-state index contributed by atoms with van der Waals surface area (Å²) in [7, 11) is 1.62. The monoisotopic (exact) mass is 263 g/mol. The molecule has 2 rings (SSSR count). The van der Waals surface area contributed by atoms with Crippen LogP contribution in [-0.4, -0.2) is 40.0 Å². The van der Waals surface area contributed by atoms with E-state index in [-0.39, 0.29) is 18.7 Å². The van der Waals surface area contributed by atoms with E-state index in [9.17, 15) is 4.79 Å². The number of rotatable bonds is 5. The number of ether oxygens (including phenoxy) is 1. The summed E-state index contributed by atoms with van der Waals surface area (Å²) in [4.78, 5) is 21.0. The molecule has 19 heavy (non-hydrogen) atoms. The molecule has 1 N–H and O–H groups in total. The number of aliphatic hydroxyl groups is 1. The maximum Gasteiger partial charge on any atom is 0.261 e. The van der Waals surface area contributed by atoms with E-state index in [2.05, 4.69) is 9.97 Å². The maximum atomic E-state index is 12.2. The molecule has 0 aliphatic carbocycles. The third-order valence-corrected chi connectivity index (χ3v) is 2.89. The number of methoxy groups -OCH3 is 1. The second kappa shape index (κ2) is 5.90. The summed E-state index contributed by atoms with van der Waals surface area (Å²) >= 11 is 0. The van der Waals surface area contributed by atoms with Gasteiger partial charge in [-0.1, -0.05) is 0 Å². The van der Waals surface area contributed by atoms with Crippen LogP contribution in [0.4, 0.5) is 0 Å². The van der Waals surface area contributed by atoms with Gasteiger partial charge in [0, 0.05) is 19.2 Å². The average Bonchev–Trinajstić information content (AvgIpc) is 2.40. The number of pyridine rings is 1. The molecule has 0 aliphatic rings. The van der Waals surface area contributed by atoms with Crippen LogP contribution in [0.2, 0.25) is 0 Å². The predicted octanol–water partition coefficient (Wildman–Crippen LogP) is 0.281. The van der Waals surface area contributed by atoms with Crippen LogP contribution in [0.25, 0.3) is 10.9 Å². The van der Waals surface area contributed by atoms with E-state index in [1.807, 2.05) is 6.92 Å². The minimum Gasteiger partial charge on any atom is -0.395 e. The molecule has 0 radical (unpaired) electrons. The quantitative estimate of drug-likeness (QED) is 0.838. The van der Waals surface area contributed by atoms with Gasteiger partial charge in [-0.2, -0.15) is 0 Å². The van der Waals surface area contributed by atoms with E-state index < -0.39 is 0 Å². The fourth-order valence-corrected chi connectivity index (χ4v) is 2.01. The summed E-state index contributed by atoms with van der Waals surface area (Å²) in [6.45, 7) is 2.54. The first-order valence-corrected chi connectivity index (χ1v) is 6.13. The Bertz CT molecular complexity index is 637. The third-order valence-electron chi connectivity index (χ3n) is 2.89. The first-order valence-electron chi connectivity index (χ1n) is 6.13. The van der Waals surface area contributed by atoms with Crippen LogP contribution in [0.15, 0.2) is 17.2 Å². The van der Waals surface area contributed by atoms with Crippen molar-refractivity contribution in [2.24, 2.45) is 0 Å². The Morgan fingerprint density at radius 3 is 2.95 bits per heavy atom. The van der Waals surface area contributed by atoms with E-state index in [1.54, 1.807) is 13.2 Å². The van der Waals surface area contributed by atoms with Crippen LogP contribution >= 0.6 is 0 Å². The Balaban J connectivity index is 2.60. The summed E-state index contributed by atoms with van der Waals surface area (Å²) in [5.41, 5.74) is 2.01. The molecule has 2 heterocycles. The predicted molar refractivity (Wildman–Crippen MR) is 71.2 cm³/mol. The van der Waals surface area contributed by atoms with Crippen molar-refractivity contribution >= 4 is 10.9 Å². The molecule has 6 nitrogen and oxygen atoms in total. The number of aryl methyl sites for hydroxylation is 1. The smallest absolute Gasteiger partial charge is 0.261 e. The lowest BCUT2D eigenvalue weighted by Crippen LogP contribution is -2.23. The fraction of sp³-hybridized carbons (Fsp3) is 0.462. The number of hydrogen-bond acceptors (Lipinski definition) is 5. The maximum absolute atomic E-state index is 12.2. The van der Waals surface area contributed by atoms with Crippen molar-refractivity contribution in [2.75, 3.05) is 20.3 Å². The van der Waals surface area contributed by atoms with E-state index in [0.717, 1.165) is 11.4 Å². The van der Waals surface area contributed by atoms with Gasteiger partial charge in [-0.05, 0) is 13.0 Å². The van der Waals surface area contributed by atoms with E-state index in [4.69, 9.17) is 9.84 Å². The normalized spacial score (nSPS) is 11.1. The lowest BCUT2D eigenvalue weighted by Gasteiger charge is -2.08. The highest BCUT2D eigenvalue weighted by molar-refractivity contribution is 5.79. The Hall–Kier alpha value is -1.79. The molecule has 0 aromatic carbocycles. The topological polar surface area (TPSA) is 77.2 Å². The number of fused-ring (bicyclic) bond motifs is 1. The third kappa shape index (κ3) is 2.80. The van der Waals surface area contributed by atoms with Gasteiger partial charge in [0.1, 0.15) is 0 Å². The zero-order valence-corrected chi connectivity index (χ0v) is 11.1. The van der Waals surface area contributed by atoms with Gasteiger partial charge >= 0.3 is 0 Å². The first-order chi connectivity index (χ1) is 9.17. The first kappa shape index (κ1) is 13.6. The summed E-state index contributed by atoms with van der Waals surface area (Å²) < 4.78 is 6.45. The molecule has 0 bridgehead atoms. The van der Waals surface area contributed by atoms with Crippen molar-refractivity contribution in [3.8, 4) is 0 Å². The second-order valence-corrected chi connectivity index (χ2v) is 4.32. The van der Waals surface area contributed by atoms with Crippen LogP contribution in [0, 0.1) is 6.92 Å². The average molecular weight is 263 g/mol. The summed E-state index contributed by atoms with van der Waals surface area (Å²) in [6, 6.07) is 1.73. The Morgan fingerprint density at radius 1 is 1.47 bits per heavy atom. The standard InChI is InChI=1S/C13H17N3O3/c1-9-7-10-12(11(15-9)3-6-19-2)14-8-16(4-5-17)13(10)18/h7-8,17H,3-6H2,1-2H3.